The standard InChI is InChI=1S/C24H26Cl2N2O5S/c1-3-8-15(25)13-16(26)14-21-22(24(30)31)17-9-4-5-10-18(17)23(29)28(21)20-12-7-6-11-19(20)27-34(2,32)33/h1,4-5,8-10,13,19-22,27H,6-7,11-12,14H2,2H3,(H,30,31)/b15-8+,16-13+/t19-,20-,21+,22-/m1/s1. The number of fused-ring (bicyclic) bond motifs is 1. The normalized spacial score (nSPS) is 26.1. The van der Waals surface area contributed by atoms with Crippen molar-refractivity contribution in [3.8, 4) is 12.3 Å². The molecule has 0 unspecified atom stereocenters. The van der Waals surface area contributed by atoms with Crippen LogP contribution in [-0.4, -0.2) is 54.7 Å². The minimum absolute atomic E-state index is 0.00925. The summed E-state index contributed by atoms with van der Waals surface area (Å²) >= 11 is 12.5. The number of hydrogen-bond acceptors (Lipinski definition) is 4. The van der Waals surface area contributed by atoms with Crippen LogP contribution in [0.1, 0.15) is 53.9 Å². The van der Waals surface area contributed by atoms with Gasteiger partial charge in [-0.25, -0.2) is 13.1 Å². The Balaban J connectivity index is 2.13. The molecule has 1 heterocycles. The average molecular weight is 525 g/mol. The molecule has 0 bridgehead atoms. The van der Waals surface area contributed by atoms with Crippen LogP contribution in [0.25, 0.3) is 0 Å². The molecular weight excluding hydrogens is 499 g/mol. The predicted octanol–water partition coefficient (Wildman–Crippen LogP) is 3.81. The number of nitrogens with one attached hydrogen (secondary N) is 1. The summed E-state index contributed by atoms with van der Waals surface area (Å²) in [5.41, 5.74) is 0.694. The first-order chi connectivity index (χ1) is 16.0. The van der Waals surface area contributed by atoms with Crippen molar-refractivity contribution >= 4 is 45.1 Å². The largest absolute Gasteiger partial charge is 0.481 e. The van der Waals surface area contributed by atoms with E-state index < -0.39 is 40.0 Å². The van der Waals surface area contributed by atoms with Crippen LogP contribution < -0.4 is 4.72 Å². The number of amides is 1. The smallest absolute Gasteiger partial charge is 0.313 e. The SMILES string of the molecule is C#C/C=C(Cl)\C=C(\Cl)C[C@H]1[C@H](C(=O)O)c2ccccc2C(=O)N1[C@@H]1CCCC[C@H]1NS(C)(=O)=O. The fraction of sp³-hybridized carbons (Fsp3) is 0.417. The first-order valence-electron chi connectivity index (χ1n) is 10.8. The molecule has 4 atom stereocenters. The lowest BCUT2D eigenvalue weighted by molar-refractivity contribution is -0.140. The van der Waals surface area contributed by atoms with E-state index in [2.05, 4.69) is 10.6 Å². The third-order valence-corrected chi connectivity index (χ3v) is 7.35. The Morgan fingerprint density at radius 3 is 2.62 bits per heavy atom. The fourth-order valence-corrected chi connectivity index (χ4v) is 6.27. The number of nitrogens with zero attached hydrogens (tertiary/aromatic N) is 1. The fourth-order valence-electron chi connectivity index (χ4n) is 4.92. The van der Waals surface area contributed by atoms with Crippen molar-refractivity contribution in [2.45, 2.75) is 56.1 Å². The Hall–Kier alpha value is -2.31. The van der Waals surface area contributed by atoms with Crippen molar-refractivity contribution in [3.63, 3.8) is 0 Å². The molecule has 1 aliphatic carbocycles. The van der Waals surface area contributed by atoms with Gasteiger partial charge in [0.1, 0.15) is 5.92 Å². The minimum Gasteiger partial charge on any atom is -0.481 e. The highest BCUT2D eigenvalue weighted by molar-refractivity contribution is 7.88. The molecule has 0 aromatic heterocycles. The van der Waals surface area contributed by atoms with Gasteiger partial charge in [0.05, 0.1) is 17.3 Å². The van der Waals surface area contributed by atoms with Crippen molar-refractivity contribution in [2.75, 3.05) is 6.26 Å². The number of benzene rings is 1. The van der Waals surface area contributed by atoms with Crippen LogP contribution >= 0.6 is 23.2 Å². The molecule has 1 aliphatic heterocycles. The topological polar surface area (TPSA) is 104 Å². The second-order valence-corrected chi connectivity index (χ2v) is 11.2. The zero-order chi connectivity index (χ0) is 25.0. The van der Waals surface area contributed by atoms with E-state index in [1.807, 2.05) is 0 Å². The van der Waals surface area contributed by atoms with Gasteiger partial charge in [-0.3, -0.25) is 9.59 Å². The molecule has 1 aromatic rings. The zero-order valence-corrected chi connectivity index (χ0v) is 20.9. The van der Waals surface area contributed by atoms with Gasteiger partial charge in [0, 0.05) is 35.2 Å². The maximum atomic E-state index is 13.7. The van der Waals surface area contributed by atoms with Crippen molar-refractivity contribution in [3.05, 3.63) is 57.6 Å². The number of terminal acetylenes is 1. The molecule has 2 N–H and O–H groups in total. The van der Waals surface area contributed by atoms with Gasteiger partial charge in [-0.15, -0.1) is 6.42 Å². The summed E-state index contributed by atoms with van der Waals surface area (Å²) in [4.78, 5) is 27.8. The van der Waals surface area contributed by atoms with Crippen molar-refractivity contribution in [1.82, 2.24) is 9.62 Å². The summed E-state index contributed by atoms with van der Waals surface area (Å²) in [5.74, 6) is -0.223. The number of aliphatic carboxylic acids is 1. The molecule has 1 fully saturated rings. The van der Waals surface area contributed by atoms with Crippen LogP contribution in [0, 0.1) is 12.3 Å². The van der Waals surface area contributed by atoms with Gasteiger partial charge in [0.15, 0.2) is 0 Å². The van der Waals surface area contributed by atoms with Crippen LogP contribution in [0.3, 0.4) is 0 Å². The second kappa shape index (κ2) is 11.0. The second-order valence-electron chi connectivity index (χ2n) is 8.52. The van der Waals surface area contributed by atoms with Crippen LogP contribution in [0.15, 0.2) is 46.5 Å². The molecule has 3 rings (SSSR count). The van der Waals surface area contributed by atoms with Gasteiger partial charge < -0.3 is 10.0 Å². The summed E-state index contributed by atoms with van der Waals surface area (Å²) in [6.07, 6.45) is 11.7. The van der Waals surface area contributed by atoms with E-state index in [1.54, 1.807) is 24.3 Å². The molecule has 0 saturated heterocycles. The van der Waals surface area contributed by atoms with Crippen molar-refractivity contribution in [2.24, 2.45) is 0 Å². The number of halogens is 2. The number of rotatable bonds is 7. The van der Waals surface area contributed by atoms with Crippen molar-refractivity contribution in [1.29, 1.82) is 0 Å². The summed E-state index contributed by atoms with van der Waals surface area (Å²) in [7, 11) is -3.55. The molecule has 182 valence electrons. The highest BCUT2D eigenvalue weighted by Gasteiger charge is 2.48. The lowest BCUT2D eigenvalue weighted by Gasteiger charge is -2.48. The Kier molecular flexibility index (Phi) is 8.47. The molecule has 7 nitrogen and oxygen atoms in total. The molecule has 1 aromatic carbocycles. The Bertz CT molecular complexity index is 1170. The zero-order valence-electron chi connectivity index (χ0n) is 18.6. The first kappa shape index (κ1) is 26.3. The summed E-state index contributed by atoms with van der Waals surface area (Å²) in [6, 6.07) is 4.67. The van der Waals surface area contributed by atoms with Gasteiger partial charge in [-0.05, 0) is 30.5 Å². The Morgan fingerprint density at radius 1 is 1.29 bits per heavy atom. The maximum Gasteiger partial charge on any atom is 0.313 e. The molecular formula is C24H26Cl2N2O5S. The summed E-state index contributed by atoms with van der Waals surface area (Å²) in [5, 5.41) is 10.6. The lowest BCUT2D eigenvalue weighted by Crippen LogP contribution is -2.61. The van der Waals surface area contributed by atoms with Gasteiger partial charge in [0.2, 0.25) is 10.0 Å². The number of hydrogen-bond donors (Lipinski definition) is 2. The monoisotopic (exact) mass is 524 g/mol. The molecule has 34 heavy (non-hydrogen) atoms. The number of carboxylic acids is 1. The third-order valence-electron chi connectivity index (χ3n) is 6.14. The maximum absolute atomic E-state index is 13.7. The van der Waals surface area contributed by atoms with E-state index in [1.165, 1.54) is 17.1 Å². The molecule has 10 heteroatoms. The minimum atomic E-state index is -3.55. The molecule has 1 saturated carbocycles. The number of sulfonamides is 1. The average Bonchev–Trinajstić information content (AvgIpc) is 2.73. The van der Waals surface area contributed by atoms with Gasteiger partial charge in [0.25, 0.3) is 5.91 Å². The van der Waals surface area contributed by atoms with Crippen LogP contribution in [0.4, 0.5) is 0 Å². The van der Waals surface area contributed by atoms with Crippen LogP contribution in [0.5, 0.6) is 0 Å². The lowest BCUT2D eigenvalue weighted by atomic mass is 9.78. The van der Waals surface area contributed by atoms with E-state index in [9.17, 15) is 23.1 Å². The number of allylic oxidation sites excluding steroid dienone is 3. The Labute approximate surface area is 209 Å². The van der Waals surface area contributed by atoms with E-state index >= 15 is 0 Å². The van der Waals surface area contributed by atoms with E-state index in [0.29, 0.717) is 24.0 Å². The third kappa shape index (κ3) is 6.02. The van der Waals surface area contributed by atoms with E-state index in [0.717, 1.165) is 19.1 Å². The van der Waals surface area contributed by atoms with Crippen molar-refractivity contribution < 1.29 is 23.1 Å². The molecule has 0 radical (unpaired) electrons. The number of carboxylic acid groups (broad SMARTS) is 1. The molecule has 2 aliphatic rings. The molecule has 1 amide bonds. The summed E-state index contributed by atoms with van der Waals surface area (Å²) < 4.78 is 26.7. The predicted molar refractivity (Wildman–Crippen MR) is 132 cm³/mol. The number of carbonyl (C=O) groups excluding carboxylic acids is 1. The molecule has 0 spiro atoms. The van der Waals surface area contributed by atoms with Crippen LogP contribution in [0.2, 0.25) is 0 Å². The van der Waals surface area contributed by atoms with Gasteiger partial charge >= 0.3 is 5.97 Å². The number of carbonyl (C=O) groups is 2. The Morgan fingerprint density at radius 2 is 1.97 bits per heavy atom. The van der Waals surface area contributed by atoms with E-state index in [-0.39, 0.29) is 22.4 Å². The summed E-state index contributed by atoms with van der Waals surface area (Å²) in [6.45, 7) is 0. The highest BCUT2D eigenvalue weighted by atomic mass is 35.5. The van der Waals surface area contributed by atoms with Gasteiger partial charge in [-0.1, -0.05) is 60.2 Å². The van der Waals surface area contributed by atoms with E-state index in [4.69, 9.17) is 29.6 Å². The first-order valence-corrected chi connectivity index (χ1v) is 13.5. The van der Waals surface area contributed by atoms with Crippen LogP contribution in [-0.2, 0) is 14.8 Å². The quantitative estimate of drug-likeness (QED) is 0.416. The van der Waals surface area contributed by atoms with Gasteiger partial charge in [-0.2, -0.15) is 0 Å². The highest BCUT2D eigenvalue weighted by Crippen LogP contribution is 2.41.